The van der Waals surface area contributed by atoms with E-state index in [1.807, 2.05) is 0 Å². The number of anilines is 1. The Kier molecular flexibility index (Phi) is 3.12. The Morgan fingerprint density at radius 1 is 1.24 bits per heavy atom. The predicted molar refractivity (Wildman–Crippen MR) is 73.5 cm³/mol. The maximum Gasteiger partial charge on any atom is 0.0419 e. The van der Waals surface area contributed by atoms with Crippen molar-refractivity contribution >= 4 is 17.0 Å². The molecular weight excluding hydrogens is 228 g/mol. The highest BCUT2D eigenvalue weighted by atomic mass is 32.1. The number of thiophene rings is 1. The van der Waals surface area contributed by atoms with Gasteiger partial charge in [-0.2, -0.15) is 11.3 Å². The highest BCUT2D eigenvalue weighted by Crippen LogP contribution is 2.26. The lowest BCUT2D eigenvalue weighted by molar-refractivity contribution is 0.696. The first-order chi connectivity index (χ1) is 8.43. The molecule has 0 aliphatic carbocycles. The van der Waals surface area contributed by atoms with E-state index >= 15 is 0 Å². The Labute approximate surface area is 106 Å². The van der Waals surface area contributed by atoms with Crippen molar-refractivity contribution in [2.24, 2.45) is 0 Å². The summed E-state index contributed by atoms with van der Waals surface area (Å²) in [5.74, 6) is 0. The second-order valence-corrected chi connectivity index (χ2v) is 5.14. The van der Waals surface area contributed by atoms with Crippen molar-refractivity contribution in [3.8, 4) is 0 Å². The van der Waals surface area contributed by atoms with E-state index in [4.69, 9.17) is 0 Å². The lowest BCUT2D eigenvalue weighted by atomic mass is 10.1. The van der Waals surface area contributed by atoms with Gasteiger partial charge in [0, 0.05) is 25.3 Å². The maximum absolute atomic E-state index is 3.50. The van der Waals surface area contributed by atoms with E-state index in [2.05, 4.69) is 45.7 Å². The van der Waals surface area contributed by atoms with Crippen molar-refractivity contribution in [1.29, 1.82) is 0 Å². The molecule has 0 saturated carbocycles. The molecule has 2 heterocycles. The highest BCUT2D eigenvalue weighted by Gasteiger charge is 2.12. The average molecular weight is 244 g/mol. The Balaban J connectivity index is 1.64. The molecule has 2 nitrogen and oxygen atoms in total. The van der Waals surface area contributed by atoms with Crippen LogP contribution in [0.5, 0.6) is 0 Å². The summed E-state index contributed by atoms with van der Waals surface area (Å²) >= 11 is 1.75. The second kappa shape index (κ2) is 4.90. The number of benzene rings is 1. The van der Waals surface area contributed by atoms with Gasteiger partial charge in [0.15, 0.2) is 0 Å². The SMILES string of the molecule is c1cc2c(c(CNCc3ccsc3)c1)NCC2. The molecule has 88 valence electrons. The fourth-order valence-electron chi connectivity index (χ4n) is 2.29. The molecule has 0 amide bonds. The minimum absolute atomic E-state index is 0.937. The van der Waals surface area contributed by atoms with Gasteiger partial charge in [0.1, 0.15) is 0 Å². The summed E-state index contributed by atoms with van der Waals surface area (Å²) < 4.78 is 0. The molecule has 1 aromatic carbocycles. The van der Waals surface area contributed by atoms with Gasteiger partial charge in [0.25, 0.3) is 0 Å². The van der Waals surface area contributed by atoms with Crippen molar-refractivity contribution in [2.75, 3.05) is 11.9 Å². The van der Waals surface area contributed by atoms with Gasteiger partial charge in [-0.15, -0.1) is 0 Å². The molecule has 0 unspecified atom stereocenters. The van der Waals surface area contributed by atoms with Gasteiger partial charge >= 0.3 is 0 Å². The third-order valence-electron chi connectivity index (χ3n) is 3.16. The van der Waals surface area contributed by atoms with Crippen LogP contribution in [0.4, 0.5) is 5.69 Å². The number of rotatable bonds is 4. The minimum Gasteiger partial charge on any atom is -0.384 e. The first kappa shape index (κ1) is 10.8. The van der Waals surface area contributed by atoms with Crippen LogP contribution < -0.4 is 10.6 Å². The zero-order chi connectivity index (χ0) is 11.5. The fraction of sp³-hybridized carbons (Fsp3) is 0.286. The number of hydrogen-bond acceptors (Lipinski definition) is 3. The largest absolute Gasteiger partial charge is 0.384 e. The van der Waals surface area contributed by atoms with E-state index in [0.29, 0.717) is 0 Å². The molecular formula is C14H16N2S. The fourth-order valence-corrected chi connectivity index (χ4v) is 2.96. The lowest BCUT2D eigenvalue weighted by Crippen LogP contribution is -2.13. The summed E-state index contributed by atoms with van der Waals surface area (Å²) in [4.78, 5) is 0. The van der Waals surface area contributed by atoms with Crippen molar-refractivity contribution < 1.29 is 0 Å². The van der Waals surface area contributed by atoms with Crippen molar-refractivity contribution in [2.45, 2.75) is 19.5 Å². The number of hydrogen-bond donors (Lipinski definition) is 2. The molecule has 2 aromatic rings. The number of nitrogens with one attached hydrogen (secondary N) is 2. The van der Waals surface area contributed by atoms with Crippen LogP contribution in [0.2, 0.25) is 0 Å². The Bertz CT molecular complexity index is 491. The third-order valence-corrected chi connectivity index (χ3v) is 3.89. The van der Waals surface area contributed by atoms with Gasteiger partial charge in [-0.1, -0.05) is 18.2 Å². The van der Waals surface area contributed by atoms with Gasteiger partial charge in [-0.05, 0) is 39.9 Å². The van der Waals surface area contributed by atoms with Gasteiger partial charge in [0.05, 0.1) is 0 Å². The summed E-state index contributed by atoms with van der Waals surface area (Å²) in [5.41, 5.74) is 5.57. The summed E-state index contributed by atoms with van der Waals surface area (Å²) in [6, 6.07) is 8.76. The molecule has 3 rings (SSSR count). The van der Waals surface area contributed by atoms with E-state index in [1.165, 1.54) is 22.4 Å². The zero-order valence-electron chi connectivity index (χ0n) is 9.70. The predicted octanol–water partition coefficient (Wildman–Crippen LogP) is 3.01. The van der Waals surface area contributed by atoms with Gasteiger partial charge < -0.3 is 10.6 Å². The Morgan fingerprint density at radius 2 is 2.24 bits per heavy atom. The zero-order valence-corrected chi connectivity index (χ0v) is 10.5. The van der Waals surface area contributed by atoms with E-state index in [9.17, 15) is 0 Å². The first-order valence-corrected chi connectivity index (χ1v) is 6.94. The van der Waals surface area contributed by atoms with Crippen LogP contribution in [0, 0.1) is 0 Å². The molecule has 1 aromatic heterocycles. The summed E-state index contributed by atoms with van der Waals surface area (Å²) in [6.45, 7) is 2.97. The van der Waals surface area contributed by atoms with E-state index < -0.39 is 0 Å². The molecule has 0 saturated heterocycles. The third kappa shape index (κ3) is 2.35. The van der Waals surface area contributed by atoms with Crippen LogP contribution in [0.3, 0.4) is 0 Å². The molecule has 1 aliphatic heterocycles. The van der Waals surface area contributed by atoms with E-state index in [1.54, 1.807) is 11.3 Å². The summed E-state index contributed by atoms with van der Waals surface area (Å²) in [5, 5.41) is 11.3. The topological polar surface area (TPSA) is 24.1 Å². The minimum atomic E-state index is 0.937. The molecule has 0 fully saturated rings. The molecule has 3 heteroatoms. The lowest BCUT2D eigenvalue weighted by Gasteiger charge is -2.09. The van der Waals surface area contributed by atoms with Crippen LogP contribution >= 0.6 is 11.3 Å². The standard InChI is InChI=1S/C14H16N2S/c1-2-12-4-6-16-14(12)13(3-1)9-15-8-11-5-7-17-10-11/h1-3,5,7,10,15-16H,4,6,8-9H2. The van der Waals surface area contributed by atoms with Crippen LogP contribution in [-0.2, 0) is 19.5 Å². The van der Waals surface area contributed by atoms with E-state index in [0.717, 1.165) is 26.1 Å². The average Bonchev–Trinajstić information content (AvgIpc) is 2.99. The normalized spacial score (nSPS) is 13.4. The number of para-hydroxylation sites is 1. The van der Waals surface area contributed by atoms with Crippen LogP contribution in [-0.4, -0.2) is 6.54 Å². The molecule has 17 heavy (non-hydrogen) atoms. The molecule has 0 bridgehead atoms. The Hall–Kier alpha value is -1.32. The molecule has 0 atom stereocenters. The second-order valence-electron chi connectivity index (χ2n) is 4.36. The summed E-state index contributed by atoms with van der Waals surface area (Å²) in [6.07, 6.45) is 1.16. The highest BCUT2D eigenvalue weighted by molar-refractivity contribution is 7.07. The molecule has 0 spiro atoms. The van der Waals surface area contributed by atoms with Crippen molar-refractivity contribution in [3.63, 3.8) is 0 Å². The van der Waals surface area contributed by atoms with Crippen molar-refractivity contribution in [3.05, 3.63) is 51.7 Å². The monoisotopic (exact) mass is 244 g/mol. The van der Waals surface area contributed by atoms with Gasteiger partial charge in [0.2, 0.25) is 0 Å². The smallest absolute Gasteiger partial charge is 0.0419 e. The van der Waals surface area contributed by atoms with Gasteiger partial charge in [-0.25, -0.2) is 0 Å². The van der Waals surface area contributed by atoms with Crippen LogP contribution in [0.15, 0.2) is 35.0 Å². The van der Waals surface area contributed by atoms with Gasteiger partial charge in [-0.3, -0.25) is 0 Å². The van der Waals surface area contributed by atoms with Crippen LogP contribution in [0.1, 0.15) is 16.7 Å². The quantitative estimate of drug-likeness (QED) is 0.864. The molecule has 2 N–H and O–H groups in total. The molecule has 1 aliphatic rings. The van der Waals surface area contributed by atoms with Crippen molar-refractivity contribution in [1.82, 2.24) is 5.32 Å². The number of fused-ring (bicyclic) bond motifs is 1. The van der Waals surface area contributed by atoms with Crippen LogP contribution in [0.25, 0.3) is 0 Å². The Morgan fingerprint density at radius 3 is 3.12 bits per heavy atom. The molecule has 0 radical (unpaired) electrons. The maximum atomic E-state index is 3.50. The first-order valence-electron chi connectivity index (χ1n) is 6.00. The van der Waals surface area contributed by atoms with E-state index in [-0.39, 0.29) is 0 Å². The summed E-state index contributed by atoms with van der Waals surface area (Å²) in [7, 11) is 0.